The second-order valence-electron chi connectivity index (χ2n) is 4.43. The molecule has 0 saturated carbocycles. The maximum Gasteiger partial charge on any atom is 0.260 e. The molecule has 0 aliphatic carbocycles. The summed E-state index contributed by atoms with van der Waals surface area (Å²) in [4.78, 5) is 13.7. The molecule has 6 heteroatoms. The number of hydrogen-bond donors (Lipinski definition) is 2. The number of amides is 1. The summed E-state index contributed by atoms with van der Waals surface area (Å²) in [5.41, 5.74) is 6.20. The summed E-state index contributed by atoms with van der Waals surface area (Å²) < 4.78 is 5.47. The molecule has 1 aliphatic rings. The molecule has 1 unspecified atom stereocenters. The SMILES string of the molecule is NC(=S)c1ccccc1OCC(=O)N1CCC(O)C1. The van der Waals surface area contributed by atoms with Gasteiger partial charge >= 0.3 is 0 Å². The Balaban J connectivity index is 1.95. The van der Waals surface area contributed by atoms with Gasteiger partial charge in [-0.05, 0) is 18.6 Å². The molecule has 0 radical (unpaired) electrons. The van der Waals surface area contributed by atoms with E-state index in [0.717, 1.165) is 0 Å². The highest BCUT2D eigenvalue weighted by Gasteiger charge is 2.24. The van der Waals surface area contributed by atoms with E-state index in [-0.39, 0.29) is 17.5 Å². The lowest BCUT2D eigenvalue weighted by molar-refractivity contribution is -0.132. The summed E-state index contributed by atoms with van der Waals surface area (Å²) in [7, 11) is 0. The van der Waals surface area contributed by atoms with E-state index in [2.05, 4.69) is 0 Å². The van der Waals surface area contributed by atoms with Crippen LogP contribution in [-0.2, 0) is 4.79 Å². The minimum Gasteiger partial charge on any atom is -0.483 e. The van der Waals surface area contributed by atoms with Crippen LogP contribution in [-0.4, -0.2) is 46.7 Å². The maximum absolute atomic E-state index is 11.9. The van der Waals surface area contributed by atoms with Gasteiger partial charge in [0, 0.05) is 13.1 Å². The van der Waals surface area contributed by atoms with Gasteiger partial charge in [-0.3, -0.25) is 4.79 Å². The second-order valence-corrected chi connectivity index (χ2v) is 4.87. The minimum atomic E-state index is -0.423. The molecule has 0 spiro atoms. The molecule has 1 heterocycles. The van der Waals surface area contributed by atoms with Gasteiger partial charge in [-0.1, -0.05) is 24.4 Å². The Bertz CT molecular complexity index is 493. The Kier molecular flexibility index (Phi) is 4.34. The normalized spacial score (nSPS) is 18.4. The van der Waals surface area contributed by atoms with Gasteiger partial charge in [-0.2, -0.15) is 0 Å². The lowest BCUT2D eigenvalue weighted by atomic mass is 10.2. The molecule has 1 aromatic rings. The molecule has 19 heavy (non-hydrogen) atoms. The largest absolute Gasteiger partial charge is 0.483 e. The van der Waals surface area contributed by atoms with E-state index in [1.807, 2.05) is 0 Å². The minimum absolute atomic E-state index is 0.0770. The second kappa shape index (κ2) is 5.99. The average molecular weight is 280 g/mol. The fraction of sp³-hybridized carbons (Fsp3) is 0.385. The lowest BCUT2D eigenvalue weighted by Gasteiger charge is -2.16. The summed E-state index contributed by atoms with van der Waals surface area (Å²) in [6, 6.07) is 7.07. The molecule has 1 amide bonds. The molecular weight excluding hydrogens is 264 g/mol. The third-order valence-corrected chi connectivity index (χ3v) is 3.24. The quantitative estimate of drug-likeness (QED) is 0.776. The summed E-state index contributed by atoms with van der Waals surface area (Å²) in [6.45, 7) is 0.867. The zero-order valence-corrected chi connectivity index (χ0v) is 11.2. The van der Waals surface area contributed by atoms with Crippen LogP contribution < -0.4 is 10.5 Å². The zero-order valence-electron chi connectivity index (χ0n) is 10.4. The predicted octanol–water partition coefficient (Wildman–Crippen LogP) is 0.293. The molecule has 102 valence electrons. The highest BCUT2D eigenvalue weighted by atomic mass is 32.1. The van der Waals surface area contributed by atoms with Crippen molar-refractivity contribution in [3.05, 3.63) is 29.8 Å². The van der Waals surface area contributed by atoms with Gasteiger partial charge < -0.3 is 20.5 Å². The number of nitrogens with two attached hydrogens (primary N) is 1. The molecule has 1 atom stereocenters. The maximum atomic E-state index is 11.9. The van der Waals surface area contributed by atoms with Crippen LogP contribution in [0.25, 0.3) is 0 Å². The van der Waals surface area contributed by atoms with E-state index in [1.165, 1.54) is 0 Å². The van der Waals surface area contributed by atoms with Crippen molar-refractivity contribution in [2.45, 2.75) is 12.5 Å². The number of likely N-dealkylation sites (tertiary alicyclic amines) is 1. The highest BCUT2D eigenvalue weighted by Crippen LogP contribution is 2.18. The van der Waals surface area contributed by atoms with Crippen LogP contribution in [0.1, 0.15) is 12.0 Å². The van der Waals surface area contributed by atoms with Crippen molar-refractivity contribution in [2.75, 3.05) is 19.7 Å². The number of aliphatic hydroxyl groups is 1. The first-order chi connectivity index (χ1) is 9.08. The van der Waals surface area contributed by atoms with Crippen LogP contribution in [0, 0.1) is 0 Å². The van der Waals surface area contributed by atoms with Gasteiger partial charge in [-0.25, -0.2) is 0 Å². The number of thiocarbonyl (C=S) groups is 1. The van der Waals surface area contributed by atoms with Crippen molar-refractivity contribution in [3.8, 4) is 5.75 Å². The van der Waals surface area contributed by atoms with Crippen LogP contribution in [0.3, 0.4) is 0 Å². The number of para-hydroxylation sites is 1. The number of β-amino-alcohol motifs (C(OH)–C–C–N with tert-alkyl or cyclic N) is 1. The van der Waals surface area contributed by atoms with Crippen LogP contribution >= 0.6 is 12.2 Å². The highest BCUT2D eigenvalue weighted by molar-refractivity contribution is 7.80. The number of aliphatic hydroxyl groups excluding tert-OH is 1. The summed E-state index contributed by atoms with van der Waals surface area (Å²) in [6.07, 6.45) is 0.197. The average Bonchev–Trinajstić information content (AvgIpc) is 2.83. The first-order valence-electron chi connectivity index (χ1n) is 6.05. The smallest absolute Gasteiger partial charge is 0.260 e. The Morgan fingerprint density at radius 3 is 2.89 bits per heavy atom. The van der Waals surface area contributed by atoms with Crippen LogP contribution in [0.15, 0.2) is 24.3 Å². The number of carbonyl (C=O) groups excluding carboxylic acids is 1. The zero-order chi connectivity index (χ0) is 13.8. The van der Waals surface area contributed by atoms with Gasteiger partial charge in [-0.15, -0.1) is 0 Å². The van der Waals surface area contributed by atoms with Gasteiger partial charge in [0.1, 0.15) is 10.7 Å². The van der Waals surface area contributed by atoms with E-state index in [4.69, 9.17) is 22.7 Å². The molecule has 3 N–H and O–H groups in total. The monoisotopic (exact) mass is 280 g/mol. The van der Waals surface area contributed by atoms with Crippen molar-refractivity contribution in [1.29, 1.82) is 0 Å². The lowest BCUT2D eigenvalue weighted by Crippen LogP contribution is -2.33. The third-order valence-electron chi connectivity index (χ3n) is 3.02. The molecule has 1 aromatic carbocycles. The molecule has 5 nitrogen and oxygen atoms in total. The van der Waals surface area contributed by atoms with Gasteiger partial charge in [0.15, 0.2) is 6.61 Å². The number of nitrogens with zero attached hydrogens (tertiary/aromatic N) is 1. The molecule has 2 rings (SSSR count). The fourth-order valence-electron chi connectivity index (χ4n) is 2.00. The first-order valence-corrected chi connectivity index (χ1v) is 6.46. The standard InChI is InChI=1S/C13H16N2O3S/c14-13(19)10-3-1-2-4-11(10)18-8-12(17)15-6-5-9(16)7-15/h1-4,9,16H,5-8H2,(H2,14,19). The Labute approximate surface area is 117 Å². The van der Waals surface area contributed by atoms with Gasteiger partial charge in [0.25, 0.3) is 5.91 Å². The van der Waals surface area contributed by atoms with Gasteiger partial charge in [0.05, 0.1) is 11.7 Å². The Morgan fingerprint density at radius 1 is 1.53 bits per heavy atom. The van der Waals surface area contributed by atoms with Crippen molar-refractivity contribution >= 4 is 23.1 Å². The van der Waals surface area contributed by atoms with E-state index >= 15 is 0 Å². The first kappa shape index (κ1) is 13.8. The van der Waals surface area contributed by atoms with E-state index in [1.54, 1.807) is 29.2 Å². The topological polar surface area (TPSA) is 75.8 Å². The number of ether oxygens (including phenoxy) is 1. The van der Waals surface area contributed by atoms with Crippen LogP contribution in [0.2, 0.25) is 0 Å². The summed E-state index contributed by atoms with van der Waals surface area (Å²) in [5, 5.41) is 9.38. The number of hydrogen-bond acceptors (Lipinski definition) is 4. The third kappa shape index (κ3) is 3.42. The van der Waals surface area contributed by atoms with Crippen molar-refractivity contribution in [3.63, 3.8) is 0 Å². The summed E-state index contributed by atoms with van der Waals surface area (Å²) >= 11 is 4.92. The van der Waals surface area contributed by atoms with Gasteiger partial charge in [0.2, 0.25) is 0 Å². The summed E-state index contributed by atoms with van der Waals surface area (Å²) in [5.74, 6) is 0.359. The predicted molar refractivity (Wildman–Crippen MR) is 75.0 cm³/mol. The van der Waals surface area contributed by atoms with E-state index in [0.29, 0.717) is 30.8 Å². The van der Waals surface area contributed by atoms with E-state index < -0.39 is 6.10 Å². The molecule has 0 bridgehead atoms. The van der Waals surface area contributed by atoms with Crippen molar-refractivity contribution < 1.29 is 14.6 Å². The number of carbonyl (C=O) groups is 1. The number of rotatable bonds is 4. The number of benzene rings is 1. The van der Waals surface area contributed by atoms with Crippen molar-refractivity contribution in [2.24, 2.45) is 5.73 Å². The molecule has 1 saturated heterocycles. The van der Waals surface area contributed by atoms with Crippen LogP contribution in [0.5, 0.6) is 5.75 Å². The molecular formula is C13H16N2O3S. The fourth-order valence-corrected chi connectivity index (χ4v) is 2.16. The Morgan fingerprint density at radius 2 is 2.26 bits per heavy atom. The Hall–Kier alpha value is -1.66. The molecule has 1 fully saturated rings. The molecule has 1 aliphatic heterocycles. The van der Waals surface area contributed by atoms with Crippen LogP contribution in [0.4, 0.5) is 0 Å². The van der Waals surface area contributed by atoms with E-state index in [9.17, 15) is 9.90 Å². The molecule has 0 aromatic heterocycles. The van der Waals surface area contributed by atoms with Crippen molar-refractivity contribution in [1.82, 2.24) is 4.90 Å².